The number of guanidine groups is 1. The minimum atomic E-state index is -0.991. The van der Waals surface area contributed by atoms with Crippen LogP contribution in [0.2, 0.25) is 0 Å². The van der Waals surface area contributed by atoms with Gasteiger partial charge >= 0.3 is 0 Å². The van der Waals surface area contributed by atoms with Gasteiger partial charge in [0.15, 0.2) is 5.96 Å². The molecule has 0 aliphatic carbocycles. The summed E-state index contributed by atoms with van der Waals surface area (Å²) < 4.78 is 21.5. The Labute approximate surface area is 181 Å². The van der Waals surface area contributed by atoms with E-state index in [1.165, 1.54) is 6.07 Å². The molecule has 2 N–H and O–H groups in total. The van der Waals surface area contributed by atoms with E-state index in [0.717, 1.165) is 5.56 Å². The summed E-state index contributed by atoms with van der Waals surface area (Å²) in [4.78, 5) is 6.62. The Morgan fingerprint density at radius 3 is 2.93 bits per heavy atom. The van der Waals surface area contributed by atoms with Crippen LogP contribution in [0.4, 0.5) is 4.39 Å². The van der Waals surface area contributed by atoms with Crippen LogP contribution in [-0.2, 0) is 11.8 Å². The molecule has 0 spiro atoms. The maximum atomic E-state index is 13.8. The summed E-state index contributed by atoms with van der Waals surface area (Å²) in [7, 11) is 1.87. The molecular weight excluding hydrogens is 476 g/mol. The second-order valence-electron chi connectivity index (χ2n) is 6.48. The Kier molecular flexibility index (Phi) is 8.64. The number of hydrogen-bond acceptors (Lipinski definition) is 4. The SMILES string of the molecule is CCNC(=NCC(O)c1ccccc1F)N1CCOC(c2cnn(C)c2)C1.I. The van der Waals surface area contributed by atoms with Gasteiger partial charge in [0.05, 0.1) is 25.9 Å². The van der Waals surface area contributed by atoms with Gasteiger partial charge in [0, 0.05) is 37.5 Å². The van der Waals surface area contributed by atoms with E-state index in [1.54, 1.807) is 29.1 Å². The first-order chi connectivity index (χ1) is 13.1. The van der Waals surface area contributed by atoms with Crippen LogP contribution in [0.1, 0.15) is 30.3 Å². The van der Waals surface area contributed by atoms with Crippen molar-refractivity contribution in [2.45, 2.75) is 19.1 Å². The Bertz CT molecular complexity index is 785. The molecule has 1 aromatic carbocycles. The largest absolute Gasteiger partial charge is 0.386 e. The lowest BCUT2D eigenvalue weighted by Crippen LogP contribution is -2.48. The molecule has 0 bridgehead atoms. The zero-order chi connectivity index (χ0) is 19.2. The van der Waals surface area contributed by atoms with Crippen LogP contribution in [0, 0.1) is 5.82 Å². The van der Waals surface area contributed by atoms with E-state index in [4.69, 9.17) is 4.74 Å². The quantitative estimate of drug-likeness (QED) is 0.372. The van der Waals surface area contributed by atoms with Gasteiger partial charge in [-0.1, -0.05) is 18.2 Å². The first-order valence-corrected chi connectivity index (χ1v) is 9.14. The van der Waals surface area contributed by atoms with E-state index in [2.05, 4.69) is 20.3 Å². The molecule has 28 heavy (non-hydrogen) atoms. The van der Waals surface area contributed by atoms with Gasteiger partial charge < -0.3 is 20.1 Å². The monoisotopic (exact) mass is 503 g/mol. The van der Waals surface area contributed by atoms with Crippen molar-refractivity contribution in [1.82, 2.24) is 20.0 Å². The third kappa shape index (κ3) is 5.65. The van der Waals surface area contributed by atoms with Crippen LogP contribution in [-0.4, -0.2) is 58.5 Å². The van der Waals surface area contributed by atoms with Gasteiger partial charge in [0.2, 0.25) is 0 Å². The topological polar surface area (TPSA) is 74.9 Å². The summed E-state index contributed by atoms with van der Waals surface area (Å²) in [6.45, 7) is 4.66. The molecule has 2 aromatic rings. The van der Waals surface area contributed by atoms with Crippen LogP contribution in [0.3, 0.4) is 0 Å². The number of halogens is 2. The molecule has 2 heterocycles. The highest BCUT2D eigenvalue weighted by atomic mass is 127. The Morgan fingerprint density at radius 2 is 2.25 bits per heavy atom. The van der Waals surface area contributed by atoms with Crippen LogP contribution >= 0.6 is 24.0 Å². The number of aliphatic hydroxyl groups is 1. The van der Waals surface area contributed by atoms with E-state index in [9.17, 15) is 9.50 Å². The van der Waals surface area contributed by atoms with E-state index in [0.29, 0.717) is 32.2 Å². The van der Waals surface area contributed by atoms with Crippen LogP contribution in [0.15, 0.2) is 41.7 Å². The number of nitrogens with zero attached hydrogens (tertiary/aromatic N) is 4. The van der Waals surface area contributed by atoms with Crippen molar-refractivity contribution in [2.24, 2.45) is 12.0 Å². The van der Waals surface area contributed by atoms with Gasteiger partial charge in [-0.15, -0.1) is 24.0 Å². The fourth-order valence-electron chi connectivity index (χ4n) is 3.09. The molecule has 3 rings (SSSR count). The normalized spacial score (nSPS) is 18.5. The minimum Gasteiger partial charge on any atom is -0.386 e. The summed E-state index contributed by atoms with van der Waals surface area (Å²) >= 11 is 0. The summed E-state index contributed by atoms with van der Waals surface area (Å²) in [6, 6.07) is 6.23. The van der Waals surface area contributed by atoms with Crippen molar-refractivity contribution in [2.75, 3.05) is 32.8 Å². The zero-order valence-electron chi connectivity index (χ0n) is 16.1. The molecule has 9 heteroatoms. The highest BCUT2D eigenvalue weighted by Crippen LogP contribution is 2.22. The second kappa shape index (κ2) is 10.7. The maximum Gasteiger partial charge on any atom is 0.194 e. The smallest absolute Gasteiger partial charge is 0.194 e. The second-order valence-corrected chi connectivity index (χ2v) is 6.48. The van der Waals surface area contributed by atoms with Gasteiger partial charge in [-0.2, -0.15) is 5.10 Å². The fourth-order valence-corrected chi connectivity index (χ4v) is 3.09. The third-order valence-corrected chi connectivity index (χ3v) is 4.48. The molecule has 0 radical (unpaired) electrons. The molecular formula is C19H27FIN5O2. The van der Waals surface area contributed by atoms with E-state index in [-0.39, 0.29) is 42.2 Å². The minimum absolute atomic E-state index is 0. The van der Waals surface area contributed by atoms with Gasteiger partial charge in [-0.3, -0.25) is 9.67 Å². The number of aromatic nitrogens is 2. The standard InChI is InChI=1S/C19H26FN5O2.HI/c1-3-21-19(22-11-17(26)15-6-4-5-7-16(15)20)25-8-9-27-18(13-25)14-10-23-24(2)12-14;/h4-7,10,12,17-18,26H,3,8-9,11,13H2,1-2H3,(H,21,22);1H. The van der Waals surface area contributed by atoms with Gasteiger partial charge in [-0.25, -0.2) is 4.39 Å². The average molecular weight is 503 g/mol. The van der Waals surface area contributed by atoms with Gasteiger partial charge in [-0.05, 0) is 13.0 Å². The molecule has 1 saturated heterocycles. The van der Waals surface area contributed by atoms with Crippen molar-refractivity contribution in [3.63, 3.8) is 0 Å². The van der Waals surface area contributed by atoms with Crippen LogP contribution < -0.4 is 5.32 Å². The average Bonchev–Trinajstić information content (AvgIpc) is 3.12. The number of nitrogens with one attached hydrogen (secondary N) is 1. The van der Waals surface area contributed by atoms with Crippen LogP contribution in [0.5, 0.6) is 0 Å². The van der Waals surface area contributed by atoms with E-state index in [1.807, 2.05) is 20.2 Å². The van der Waals surface area contributed by atoms with E-state index < -0.39 is 11.9 Å². The third-order valence-electron chi connectivity index (χ3n) is 4.48. The number of hydrogen-bond donors (Lipinski definition) is 2. The lowest BCUT2D eigenvalue weighted by molar-refractivity contribution is -0.00811. The zero-order valence-corrected chi connectivity index (χ0v) is 18.4. The van der Waals surface area contributed by atoms with Crippen LogP contribution in [0.25, 0.3) is 0 Å². The predicted molar refractivity (Wildman–Crippen MR) is 116 cm³/mol. The highest BCUT2D eigenvalue weighted by Gasteiger charge is 2.25. The Morgan fingerprint density at radius 1 is 1.46 bits per heavy atom. The highest BCUT2D eigenvalue weighted by molar-refractivity contribution is 14.0. The number of morpholine rings is 1. The van der Waals surface area contributed by atoms with E-state index >= 15 is 0 Å². The number of aliphatic hydroxyl groups excluding tert-OH is 1. The molecule has 7 nitrogen and oxygen atoms in total. The van der Waals surface area contributed by atoms with Crippen molar-refractivity contribution in [3.8, 4) is 0 Å². The van der Waals surface area contributed by atoms with Crippen molar-refractivity contribution in [3.05, 3.63) is 53.6 Å². The summed E-state index contributed by atoms with van der Waals surface area (Å²) in [6.07, 6.45) is 2.67. The van der Waals surface area contributed by atoms with Gasteiger partial charge in [0.1, 0.15) is 18.0 Å². The van der Waals surface area contributed by atoms with Crippen molar-refractivity contribution < 1.29 is 14.2 Å². The molecule has 154 valence electrons. The van der Waals surface area contributed by atoms with Crippen molar-refractivity contribution >= 4 is 29.9 Å². The number of rotatable bonds is 5. The molecule has 0 saturated carbocycles. The number of aliphatic imine (C=N–C) groups is 1. The molecule has 1 aromatic heterocycles. The fraction of sp³-hybridized carbons (Fsp3) is 0.474. The molecule has 1 aliphatic rings. The lowest BCUT2D eigenvalue weighted by Gasteiger charge is -2.35. The maximum absolute atomic E-state index is 13.8. The number of ether oxygens (including phenoxy) is 1. The lowest BCUT2D eigenvalue weighted by atomic mass is 10.1. The molecule has 2 atom stereocenters. The van der Waals surface area contributed by atoms with Crippen molar-refractivity contribution in [1.29, 1.82) is 0 Å². The predicted octanol–water partition coefficient (Wildman–Crippen LogP) is 2.25. The first-order valence-electron chi connectivity index (χ1n) is 9.14. The number of aryl methyl sites for hydroxylation is 1. The molecule has 0 amide bonds. The Balaban J connectivity index is 0.00000280. The molecule has 1 aliphatic heterocycles. The molecule has 2 unspecified atom stereocenters. The summed E-state index contributed by atoms with van der Waals surface area (Å²) in [5.41, 5.74) is 1.27. The first kappa shape index (κ1) is 22.6. The van der Waals surface area contributed by atoms with Gasteiger partial charge in [0.25, 0.3) is 0 Å². The summed E-state index contributed by atoms with van der Waals surface area (Å²) in [5, 5.41) is 17.8. The summed E-state index contributed by atoms with van der Waals surface area (Å²) in [5.74, 6) is 0.262. The Hall–Kier alpha value is -1.72. The molecule has 1 fully saturated rings. The number of benzene rings is 1.